The lowest BCUT2D eigenvalue weighted by molar-refractivity contribution is -0.195. The van der Waals surface area contributed by atoms with Crippen molar-refractivity contribution in [3.8, 4) is 11.3 Å². The lowest BCUT2D eigenvalue weighted by Crippen LogP contribution is -1.93. The summed E-state index contributed by atoms with van der Waals surface area (Å²) in [6.07, 6.45) is 0. The number of aryl methyl sites for hydroxylation is 2. The molecule has 0 saturated carbocycles. The highest BCUT2D eigenvalue weighted by atomic mass is 32.2. The number of nitrogens with two attached hydrogens (primary N) is 1. The largest absolute Gasteiger partial charge is 0.441 e. The standard InChI is InChI=1S/C11H12N2O3S.C2H6/c1-7-11(14-8(2)13-7)9-3-5-10(6-4-9)17-16-15-12;1-2/h3-6H,12H2,1-2H3;1-2H3. The normalized spacial score (nSPS) is 9.95. The molecule has 104 valence electrons. The first kappa shape index (κ1) is 15.7. The molecule has 0 fully saturated rings. The second-order valence-corrected chi connectivity index (χ2v) is 4.19. The van der Waals surface area contributed by atoms with E-state index >= 15 is 0 Å². The molecule has 0 aliphatic rings. The highest BCUT2D eigenvalue weighted by Gasteiger charge is 2.09. The maximum atomic E-state index is 5.53. The zero-order valence-corrected chi connectivity index (χ0v) is 12.3. The third-order valence-electron chi connectivity index (χ3n) is 2.19. The molecule has 1 aromatic carbocycles. The van der Waals surface area contributed by atoms with E-state index in [2.05, 4.69) is 14.3 Å². The fourth-order valence-electron chi connectivity index (χ4n) is 1.52. The molecular formula is C13H18N2O3S. The van der Waals surface area contributed by atoms with E-state index in [9.17, 15) is 0 Å². The number of rotatable bonds is 4. The van der Waals surface area contributed by atoms with Crippen LogP contribution in [0.3, 0.4) is 0 Å². The molecule has 6 heteroatoms. The van der Waals surface area contributed by atoms with Crippen LogP contribution in [0.15, 0.2) is 33.6 Å². The van der Waals surface area contributed by atoms with Crippen molar-refractivity contribution >= 4 is 12.0 Å². The average Bonchev–Trinajstić information content (AvgIpc) is 2.78. The Balaban J connectivity index is 0.000000861. The first-order chi connectivity index (χ1) is 9.20. The highest BCUT2D eigenvalue weighted by Crippen LogP contribution is 2.27. The van der Waals surface area contributed by atoms with Gasteiger partial charge in [-0.25, -0.2) is 4.98 Å². The summed E-state index contributed by atoms with van der Waals surface area (Å²) in [5.74, 6) is 6.20. The van der Waals surface area contributed by atoms with Crippen molar-refractivity contribution in [2.24, 2.45) is 5.90 Å². The number of aromatic nitrogens is 1. The summed E-state index contributed by atoms with van der Waals surface area (Å²) in [6.45, 7) is 7.74. The van der Waals surface area contributed by atoms with Crippen LogP contribution < -0.4 is 5.90 Å². The van der Waals surface area contributed by atoms with Crippen molar-refractivity contribution in [1.29, 1.82) is 0 Å². The van der Waals surface area contributed by atoms with E-state index in [1.807, 2.05) is 52.0 Å². The Morgan fingerprint density at radius 1 is 1.16 bits per heavy atom. The molecule has 0 bridgehead atoms. The van der Waals surface area contributed by atoms with Crippen LogP contribution in [0.2, 0.25) is 0 Å². The maximum absolute atomic E-state index is 5.53. The van der Waals surface area contributed by atoms with E-state index in [1.54, 1.807) is 0 Å². The van der Waals surface area contributed by atoms with Gasteiger partial charge in [-0.05, 0) is 31.2 Å². The molecule has 19 heavy (non-hydrogen) atoms. The predicted molar refractivity (Wildman–Crippen MR) is 75.0 cm³/mol. The molecule has 0 saturated heterocycles. The fraction of sp³-hybridized carbons (Fsp3) is 0.308. The molecular weight excluding hydrogens is 264 g/mol. The van der Waals surface area contributed by atoms with Crippen LogP contribution in [-0.2, 0) is 9.32 Å². The van der Waals surface area contributed by atoms with E-state index in [1.165, 1.54) is 0 Å². The van der Waals surface area contributed by atoms with Crippen LogP contribution in [0.4, 0.5) is 0 Å². The Labute approximate surface area is 117 Å². The van der Waals surface area contributed by atoms with Gasteiger partial charge in [0.2, 0.25) is 0 Å². The van der Waals surface area contributed by atoms with E-state index in [0.717, 1.165) is 34.0 Å². The number of hydrogen-bond donors (Lipinski definition) is 1. The summed E-state index contributed by atoms with van der Waals surface area (Å²) in [5, 5.41) is 0. The predicted octanol–water partition coefficient (Wildman–Crippen LogP) is 3.81. The molecule has 0 unspecified atom stereocenters. The number of oxazole rings is 1. The molecule has 5 nitrogen and oxygen atoms in total. The molecule has 0 radical (unpaired) electrons. The van der Waals surface area contributed by atoms with Gasteiger partial charge in [-0.1, -0.05) is 13.8 Å². The molecule has 0 aliphatic carbocycles. The van der Waals surface area contributed by atoms with Gasteiger partial charge in [0.1, 0.15) is 0 Å². The first-order valence-corrected chi connectivity index (χ1v) is 6.69. The quantitative estimate of drug-likeness (QED) is 0.522. The maximum Gasteiger partial charge on any atom is 0.192 e. The Morgan fingerprint density at radius 2 is 1.79 bits per heavy atom. The van der Waals surface area contributed by atoms with Crippen LogP contribution in [0.1, 0.15) is 25.4 Å². The highest BCUT2D eigenvalue weighted by molar-refractivity contribution is 7.94. The van der Waals surface area contributed by atoms with Crippen LogP contribution in [-0.4, -0.2) is 4.98 Å². The Bertz CT molecular complexity index is 497. The van der Waals surface area contributed by atoms with Crippen LogP contribution in [0.25, 0.3) is 11.3 Å². The Kier molecular flexibility index (Phi) is 6.58. The molecule has 2 N–H and O–H groups in total. The van der Waals surface area contributed by atoms with Gasteiger partial charge in [0.25, 0.3) is 0 Å². The Morgan fingerprint density at radius 3 is 2.26 bits per heavy atom. The van der Waals surface area contributed by atoms with Crippen molar-refractivity contribution < 1.29 is 13.7 Å². The van der Waals surface area contributed by atoms with Gasteiger partial charge < -0.3 is 4.42 Å². The van der Waals surface area contributed by atoms with E-state index in [-0.39, 0.29) is 0 Å². The zero-order valence-electron chi connectivity index (χ0n) is 11.5. The Hall–Kier alpha value is -1.34. The smallest absolute Gasteiger partial charge is 0.192 e. The van der Waals surface area contributed by atoms with Crippen molar-refractivity contribution in [2.45, 2.75) is 32.6 Å². The number of hydrogen-bond acceptors (Lipinski definition) is 6. The number of nitrogens with zero attached hydrogens (tertiary/aromatic N) is 1. The van der Waals surface area contributed by atoms with Gasteiger partial charge in [0.05, 0.1) is 17.7 Å². The van der Waals surface area contributed by atoms with Gasteiger partial charge >= 0.3 is 0 Å². The van der Waals surface area contributed by atoms with Gasteiger partial charge in [0, 0.05) is 17.4 Å². The first-order valence-electron chi connectivity index (χ1n) is 5.95. The second-order valence-electron chi connectivity index (χ2n) is 3.42. The fourth-order valence-corrected chi connectivity index (χ4v) is 1.88. The summed E-state index contributed by atoms with van der Waals surface area (Å²) in [5.41, 5.74) is 1.85. The summed E-state index contributed by atoms with van der Waals surface area (Å²) in [7, 11) is 0. The van der Waals surface area contributed by atoms with Crippen molar-refractivity contribution in [2.75, 3.05) is 0 Å². The lowest BCUT2D eigenvalue weighted by Gasteiger charge is -2.00. The van der Waals surface area contributed by atoms with Crippen molar-refractivity contribution in [3.05, 3.63) is 35.9 Å². The minimum absolute atomic E-state index is 0.663. The third-order valence-corrected chi connectivity index (χ3v) is 2.80. The van der Waals surface area contributed by atoms with Crippen molar-refractivity contribution in [1.82, 2.24) is 4.98 Å². The lowest BCUT2D eigenvalue weighted by atomic mass is 10.1. The molecule has 2 aromatic rings. The average molecular weight is 282 g/mol. The molecule has 0 aliphatic heterocycles. The second kappa shape index (κ2) is 7.96. The summed E-state index contributed by atoms with van der Waals surface area (Å²) in [6, 6.07) is 7.62. The molecule has 0 amide bonds. The molecule has 0 atom stereocenters. The zero-order chi connectivity index (χ0) is 14.3. The van der Waals surface area contributed by atoms with Gasteiger partial charge in [0.15, 0.2) is 11.7 Å². The van der Waals surface area contributed by atoms with Crippen LogP contribution in [0, 0.1) is 13.8 Å². The van der Waals surface area contributed by atoms with Crippen molar-refractivity contribution in [3.63, 3.8) is 0 Å². The summed E-state index contributed by atoms with van der Waals surface area (Å²) >= 11 is 1.04. The van der Waals surface area contributed by atoms with Gasteiger partial charge in [-0.2, -0.15) is 5.90 Å². The monoisotopic (exact) mass is 282 g/mol. The summed E-state index contributed by atoms with van der Waals surface area (Å²) < 4.78 is 10.1. The minimum Gasteiger partial charge on any atom is -0.441 e. The SMILES string of the molecule is CC.Cc1nc(C)c(-c2ccc(SOON)cc2)o1. The topological polar surface area (TPSA) is 70.5 Å². The van der Waals surface area contributed by atoms with Gasteiger partial charge in [-0.3, -0.25) is 0 Å². The van der Waals surface area contributed by atoms with Gasteiger partial charge in [-0.15, -0.1) is 9.32 Å². The molecule has 0 spiro atoms. The summed E-state index contributed by atoms with van der Waals surface area (Å²) in [4.78, 5) is 9.13. The van der Waals surface area contributed by atoms with E-state index in [0.29, 0.717) is 5.89 Å². The third kappa shape index (κ3) is 4.36. The molecule has 1 heterocycles. The van der Waals surface area contributed by atoms with E-state index in [4.69, 9.17) is 10.3 Å². The number of benzene rings is 1. The van der Waals surface area contributed by atoms with E-state index < -0.39 is 0 Å². The molecule has 1 aromatic heterocycles. The minimum atomic E-state index is 0.663. The van der Waals surface area contributed by atoms with Crippen LogP contribution >= 0.6 is 12.0 Å². The molecule has 2 rings (SSSR count). The van der Waals surface area contributed by atoms with Crippen LogP contribution in [0.5, 0.6) is 0 Å².